The van der Waals surface area contributed by atoms with Crippen LogP contribution in [0.2, 0.25) is 0 Å². The van der Waals surface area contributed by atoms with Gasteiger partial charge in [-0.15, -0.1) is 0 Å². The number of amidine groups is 1. The zero-order valence-corrected chi connectivity index (χ0v) is 21.8. The van der Waals surface area contributed by atoms with Gasteiger partial charge in [-0.05, 0) is 44.3 Å². The van der Waals surface area contributed by atoms with Gasteiger partial charge in [0.15, 0.2) is 0 Å². The lowest BCUT2D eigenvalue weighted by atomic mass is 10.1. The van der Waals surface area contributed by atoms with E-state index in [0.717, 1.165) is 11.1 Å². The molecular formula is C25H34N6O4S. The molecule has 0 fully saturated rings. The van der Waals surface area contributed by atoms with Gasteiger partial charge in [0, 0.05) is 44.6 Å². The van der Waals surface area contributed by atoms with Gasteiger partial charge in [-0.25, -0.2) is 13.4 Å². The van der Waals surface area contributed by atoms with Gasteiger partial charge in [-0.2, -0.15) is 4.31 Å². The van der Waals surface area contributed by atoms with Crippen molar-refractivity contribution < 1.29 is 18.3 Å². The number of aliphatic carboxylic acids is 1. The topological polar surface area (TPSA) is 146 Å². The fraction of sp³-hybridized carbons (Fsp3) is 0.400. The minimum atomic E-state index is -3.69. The molecule has 4 N–H and O–H groups in total. The molecule has 0 saturated heterocycles. The van der Waals surface area contributed by atoms with Crippen LogP contribution in [-0.4, -0.2) is 77.8 Å². The molecule has 0 atom stereocenters. The summed E-state index contributed by atoms with van der Waals surface area (Å²) in [7, 11) is 0.109. The summed E-state index contributed by atoms with van der Waals surface area (Å²) in [5.74, 6) is -0.171. The van der Waals surface area contributed by atoms with Crippen molar-refractivity contribution in [3.05, 3.63) is 59.4 Å². The van der Waals surface area contributed by atoms with Crippen LogP contribution < -0.4 is 5.73 Å². The molecular weight excluding hydrogens is 480 g/mol. The maximum atomic E-state index is 13.3. The quantitative estimate of drug-likeness (QED) is 0.234. The highest BCUT2D eigenvalue weighted by Gasteiger charge is 2.24. The highest BCUT2D eigenvalue weighted by molar-refractivity contribution is 7.89. The van der Waals surface area contributed by atoms with Crippen molar-refractivity contribution in [2.24, 2.45) is 5.73 Å². The zero-order chi connectivity index (χ0) is 26.5. The fourth-order valence-electron chi connectivity index (χ4n) is 3.99. The van der Waals surface area contributed by atoms with Crippen LogP contribution in [0.4, 0.5) is 0 Å². The van der Waals surface area contributed by atoms with Crippen molar-refractivity contribution in [2.45, 2.75) is 37.6 Å². The minimum absolute atomic E-state index is 0.0112. The zero-order valence-electron chi connectivity index (χ0n) is 20.9. The molecule has 2 aromatic carbocycles. The molecule has 11 heteroatoms. The van der Waals surface area contributed by atoms with Gasteiger partial charge in [0.1, 0.15) is 11.7 Å². The number of aromatic nitrogens is 2. The predicted octanol–water partition coefficient (Wildman–Crippen LogP) is 2.35. The van der Waals surface area contributed by atoms with Gasteiger partial charge in [-0.1, -0.05) is 31.2 Å². The molecule has 1 aromatic heterocycles. The molecule has 0 unspecified atom stereocenters. The van der Waals surface area contributed by atoms with Crippen LogP contribution in [0.1, 0.15) is 36.7 Å². The van der Waals surface area contributed by atoms with Crippen molar-refractivity contribution in [1.82, 2.24) is 18.8 Å². The normalized spacial score (nSPS) is 12.0. The summed E-state index contributed by atoms with van der Waals surface area (Å²) in [6.45, 7) is 3.62. The SMILES string of the molecule is CCN(CCN(C)C)S(=O)(=O)c1ccc2c(c1)nc(Cc1ccc(C(=N)N)cc1)n2CCCC(=O)O. The van der Waals surface area contributed by atoms with Crippen LogP contribution in [0.5, 0.6) is 0 Å². The first kappa shape index (κ1) is 27.3. The number of carboxylic acids is 1. The molecule has 3 rings (SSSR count). The molecule has 194 valence electrons. The molecule has 0 spiro atoms. The third kappa shape index (κ3) is 6.48. The average Bonchev–Trinajstić information content (AvgIpc) is 3.15. The van der Waals surface area contributed by atoms with Gasteiger partial charge in [0.05, 0.1) is 15.9 Å². The Balaban J connectivity index is 1.99. The smallest absolute Gasteiger partial charge is 0.303 e. The number of carbonyl (C=O) groups is 1. The molecule has 0 saturated carbocycles. The summed E-state index contributed by atoms with van der Waals surface area (Å²) in [6, 6.07) is 12.2. The molecule has 0 aliphatic carbocycles. The second kappa shape index (κ2) is 11.6. The summed E-state index contributed by atoms with van der Waals surface area (Å²) in [5, 5.41) is 16.6. The summed E-state index contributed by atoms with van der Waals surface area (Å²) in [4.78, 5) is 17.9. The van der Waals surface area contributed by atoms with Crippen LogP contribution in [0.25, 0.3) is 11.0 Å². The first-order chi connectivity index (χ1) is 17.0. The maximum Gasteiger partial charge on any atom is 0.303 e. The van der Waals surface area contributed by atoms with Gasteiger partial charge in [0.25, 0.3) is 0 Å². The number of nitrogens with zero attached hydrogens (tertiary/aromatic N) is 4. The second-order valence-corrected chi connectivity index (χ2v) is 10.9. The van der Waals surface area contributed by atoms with Gasteiger partial charge in [0.2, 0.25) is 10.0 Å². The largest absolute Gasteiger partial charge is 0.481 e. The average molecular weight is 515 g/mol. The van der Waals surface area contributed by atoms with E-state index in [-0.39, 0.29) is 17.2 Å². The number of nitrogen functional groups attached to an aromatic ring is 1. The molecule has 0 aliphatic heterocycles. The Kier molecular flexibility index (Phi) is 8.83. The monoisotopic (exact) mass is 514 g/mol. The minimum Gasteiger partial charge on any atom is -0.481 e. The number of imidazole rings is 1. The van der Waals surface area contributed by atoms with Crippen molar-refractivity contribution in [1.29, 1.82) is 5.41 Å². The Morgan fingerprint density at radius 1 is 1.14 bits per heavy atom. The third-order valence-corrected chi connectivity index (χ3v) is 7.96. The lowest BCUT2D eigenvalue weighted by molar-refractivity contribution is -0.137. The van der Waals surface area contributed by atoms with E-state index < -0.39 is 16.0 Å². The van der Waals surface area contributed by atoms with Gasteiger partial charge < -0.3 is 20.3 Å². The Hall–Kier alpha value is -3.28. The number of hydrogen-bond acceptors (Lipinski definition) is 6. The number of nitrogens with one attached hydrogen (secondary N) is 1. The van der Waals surface area contributed by atoms with E-state index in [1.165, 1.54) is 4.31 Å². The molecule has 0 amide bonds. The highest BCUT2D eigenvalue weighted by atomic mass is 32.2. The lowest BCUT2D eigenvalue weighted by Crippen LogP contribution is -2.36. The Bertz CT molecular complexity index is 1330. The predicted molar refractivity (Wildman–Crippen MR) is 140 cm³/mol. The van der Waals surface area contributed by atoms with Crippen molar-refractivity contribution in [2.75, 3.05) is 33.7 Å². The highest BCUT2D eigenvalue weighted by Crippen LogP contribution is 2.25. The van der Waals surface area contributed by atoms with Crippen molar-refractivity contribution in [3.63, 3.8) is 0 Å². The lowest BCUT2D eigenvalue weighted by Gasteiger charge is -2.22. The number of carboxylic acid groups (broad SMARTS) is 1. The van der Waals surface area contributed by atoms with E-state index in [9.17, 15) is 13.2 Å². The van der Waals surface area contributed by atoms with E-state index >= 15 is 0 Å². The number of likely N-dealkylation sites (N-methyl/N-ethyl adjacent to an activating group) is 2. The standard InChI is InChI=1S/C25H34N6O4S/c1-4-30(15-14-29(2)3)36(34,35)20-11-12-22-21(17-20)28-23(31(22)13-5-6-24(32)33)16-18-7-9-19(10-8-18)25(26)27/h7-12,17H,4-6,13-16H2,1-3H3,(H3,26,27)(H,32,33). The number of aryl methyl sites for hydroxylation is 1. The van der Waals surface area contributed by atoms with Crippen LogP contribution in [0, 0.1) is 5.41 Å². The third-order valence-electron chi connectivity index (χ3n) is 5.99. The Morgan fingerprint density at radius 2 is 1.83 bits per heavy atom. The van der Waals surface area contributed by atoms with E-state index in [4.69, 9.17) is 21.2 Å². The second-order valence-electron chi connectivity index (χ2n) is 8.91. The molecule has 36 heavy (non-hydrogen) atoms. The van der Waals surface area contributed by atoms with E-state index in [1.54, 1.807) is 30.3 Å². The molecule has 10 nitrogen and oxygen atoms in total. The number of benzene rings is 2. The molecule has 0 aliphatic rings. The molecule has 0 bridgehead atoms. The molecule has 1 heterocycles. The van der Waals surface area contributed by atoms with Crippen molar-refractivity contribution in [3.8, 4) is 0 Å². The summed E-state index contributed by atoms with van der Waals surface area (Å²) in [5.41, 5.74) is 8.42. The number of rotatable bonds is 13. The maximum absolute atomic E-state index is 13.3. The molecule has 0 radical (unpaired) electrons. The van der Waals surface area contributed by atoms with Crippen LogP contribution in [0.3, 0.4) is 0 Å². The van der Waals surface area contributed by atoms with Gasteiger partial charge in [-0.3, -0.25) is 10.2 Å². The number of fused-ring (bicyclic) bond motifs is 1. The Morgan fingerprint density at radius 3 is 2.42 bits per heavy atom. The number of nitrogens with two attached hydrogens (primary N) is 1. The van der Waals surface area contributed by atoms with E-state index in [1.807, 2.05) is 42.6 Å². The van der Waals surface area contributed by atoms with E-state index in [0.29, 0.717) is 55.9 Å². The van der Waals surface area contributed by atoms with Crippen molar-refractivity contribution >= 4 is 32.9 Å². The number of sulfonamides is 1. The summed E-state index contributed by atoms with van der Waals surface area (Å²) in [6.07, 6.45) is 0.910. The number of hydrogen-bond donors (Lipinski definition) is 3. The Labute approximate surface area is 211 Å². The van der Waals surface area contributed by atoms with Crippen LogP contribution in [-0.2, 0) is 27.8 Å². The molecule has 3 aromatic rings. The van der Waals surface area contributed by atoms with Crippen LogP contribution in [0.15, 0.2) is 47.4 Å². The van der Waals surface area contributed by atoms with E-state index in [2.05, 4.69) is 0 Å². The summed E-state index contributed by atoms with van der Waals surface area (Å²) >= 11 is 0. The summed E-state index contributed by atoms with van der Waals surface area (Å²) < 4.78 is 30.0. The van der Waals surface area contributed by atoms with Crippen LogP contribution >= 0.6 is 0 Å². The fourth-order valence-corrected chi connectivity index (χ4v) is 5.45. The first-order valence-electron chi connectivity index (χ1n) is 11.8. The van der Waals surface area contributed by atoms with Gasteiger partial charge >= 0.3 is 5.97 Å². The first-order valence-corrected chi connectivity index (χ1v) is 13.3.